The molecule has 0 amide bonds. The molecule has 6 heteroatoms. The van der Waals surface area contributed by atoms with Crippen LogP contribution < -0.4 is 4.90 Å². The molecule has 0 bridgehead atoms. The van der Waals surface area contributed by atoms with Gasteiger partial charge in [0, 0.05) is 12.7 Å². The number of carbonyl (C=O) groups is 1. The van der Waals surface area contributed by atoms with E-state index in [-0.39, 0.29) is 11.4 Å². The highest BCUT2D eigenvalue weighted by Crippen LogP contribution is 2.33. The van der Waals surface area contributed by atoms with Gasteiger partial charge in [0.15, 0.2) is 0 Å². The zero-order valence-corrected chi connectivity index (χ0v) is 10.8. The zero-order valence-electron chi connectivity index (χ0n) is 10.8. The lowest BCUT2D eigenvalue weighted by Gasteiger charge is -2.17. The maximum Gasteiger partial charge on any atom is 0.339 e. The molecule has 0 saturated carbocycles. The van der Waals surface area contributed by atoms with Crippen LogP contribution in [0.15, 0.2) is 24.4 Å². The molecule has 1 aromatic heterocycles. The molecule has 3 rings (SSSR count). The molecule has 2 aromatic rings. The predicted molar refractivity (Wildman–Crippen MR) is 70.8 cm³/mol. The summed E-state index contributed by atoms with van der Waals surface area (Å²) < 4.78 is 13.4. The molecular formula is C14H12FN3O2. The van der Waals surface area contributed by atoms with Gasteiger partial charge >= 0.3 is 5.97 Å². The number of aryl methyl sites for hydroxylation is 1. The number of carboxylic acid groups (broad SMARTS) is 1. The first-order valence-corrected chi connectivity index (χ1v) is 6.19. The Morgan fingerprint density at radius 2 is 2.25 bits per heavy atom. The lowest BCUT2D eigenvalue weighted by atomic mass is 10.2. The van der Waals surface area contributed by atoms with E-state index in [1.807, 2.05) is 0 Å². The first-order chi connectivity index (χ1) is 9.56. The highest BCUT2D eigenvalue weighted by atomic mass is 19.1. The Labute approximate surface area is 114 Å². The minimum absolute atomic E-state index is 0.0763. The number of rotatable bonds is 2. The Kier molecular flexibility index (Phi) is 2.85. The van der Waals surface area contributed by atoms with E-state index in [1.54, 1.807) is 17.9 Å². The fraction of sp³-hybridized carbons (Fsp3) is 0.214. The van der Waals surface area contributed by atoms with Gasteiger partial charge in [-0.15, -0.1) is 0 Å². The largest absolute Gasteiger partial charge is 0.478 e. The molecule has 0 radical (unpaired) electrons. The summed E-state index contributed by atoms with van der Waals surface area (Å²) in [6.45, 7) is 2.28. The van der Waals surface area contributed by atoms with Crippen LogP contribution in [-0.4, -0.2) is 27.6 Å². The van der Waals surface area contributed by atoms with Crippen molar-refractivity contribution in [3.05, 3.63) is 47.0 Å². The summed E-state index contributed by atoms with van der Waals surface area (Å²) in [5.74, 6) is -0.965. The Balaban J connectivity index is 2.02. The third kappa shape index (κ3) is 1.99. The fourth-order valence-electron chi connectivity index (χ4n) is 2.35. The van der Waals surface area contributed by atoms with Gasteiger partial charge in [-0.05, 0) is 31.0 Å². The first kappa shape index (κ1) is 12.5. The Morgan fingerprint density at radius 3 is 2.95 bits per heavy atom. The van der Waals surface area contributed by atoms with Crippen LogP contribution in [0, 0.1) is 12.7 Å². The van der Waals surface area contributed by atoms with E-state index in [1.165, 1.54) is 18.3 Å². The quantitative estimate of drug-likeness (QED) is 0.909. The zero-order chi connectivity index (χ0) is 14.3. The van der Waals surface area contributed by atoms with E-state index in [9.17, 15) is 9.18 Å². The fourth-order valence-corrected chi connectivity index (χ4v) is 2.35. The number of carboxylic acids is 1. The molecule has 0 spiro atoms. The second-order valence-electron chi connectivity index (χ2n) is 4.65. The van der Waals surface area contributed by atoms with Gasteiger partial charge in [-0.1, -0.05) is 6.07 Å². The van der Waals surface area contributed by atoms with Crippen molar-refractivity contribution in [2.24, 2.45) is 0 Å². The summed E-state index contributed by atoms with van der Waals surface area (Å²) in [6, 6.07) is 4.64. The van der Waals surface area contributed by atoms with Crippen LogP contribution >= 0.6 is 0 Å². The molecule has 1 aliphatic heterocycles. The van der Waals surface area contributed by atoms with Crippen molar-refractivity contribution in [1.82, 2.24) is 9.97 Å². The summed E-state index contributed by atoms with van der Waals surface area (Å²) in [4.78, 5) is 21.1. The number of hydrogen-bond acceptors (Lipinski definition) is 4. The van der Waals surface area contributed by atoms with Gasteiger partial charge in [0.2, 0.25) is 5.95 Å². The monoisotopic (exact) mass is 273 g/mol. The molecule has 0 saturated heterocycles. The normalized spacial score (nSPS) is 13.4. The molecule has 1 N–H and O–H groups in total. The number of anilines is 2. The molecule has 0 atom stereocenters. The van der Waals surface area contributed by atoms with Crippen LogP contribution in [0.5, 0.6) is 0 Å². The standard InChI is InChI=1S/C14H12FN3O2/c1-8-11(13(19)20)7-16-14(17-8)18-5-4-9-2-3-10(15)6-12(9)18/h2-3,6-7H,4-5H2,1H3,(H,19,20). The van der Waals surface area contributed by atoms with Gasteiger partial charge in [0.1, 0.15) is 5.82 Å². The molecule has 2 heterocycles. The van der Waals surface area contributed by atoms with Crippen LogP contribution in [0.2, 0.25) is 0 Å². The maximum absolute atomic E-state index is 13.4. The van der Waals surface area contributed by atoms with Crippen molar-refractivity contribution in [2.45, 2.75) is 13.3 Å². The Hall–Kier alpha value is -2.50. The molecule has 1 aliphatic rings. The van der Waals surface area contributed by atoms with Crippen molar-refractivity contribution >= 4 is 17.6 Å². The van der Waals surface area contributed by atoms with Crippen molar-refractivity contribution in [2.75, 3.05) is 11.4 Å². The Bertz CT molecular complexity index is 703. The van der Waals surface area contributed by atoms with Gasteiger partial charge in [0.05, 0.1) is 16.9 Å². The summed E-state index contributed by atoms with van der Waals surface area (Å²) in [6.07, 6.45) is 2.08. The number of halogens is 1. The molecule has 0 aliphatic carbocycles. The molecular weight excluding hydrogens is 261 g/mol. The van der Waals surface area contributed by atoms with E-state index in [4.69, 9.17) is 5.11 Å². The van der Waals surface area contributed by atoms with E-state index in [0.29, 0.717) is 18.2 Å². The van der Waals surface area contributed by atoms with Crippen molar-refractivity contribution in [3.63, 3.8) is 0 Å². The lowest BCUT2D eigenvalue weighted by Crippen LogP contribution is -2.18. The van der Waals surface area contributed by atoms with Crippen molar-refractivity contribution < 1.29 is 14.3 Å². The molecule has 102 valence electrons. The number of aromatic nitrogens is 2. The summed E-state index contributed by atoms with van der Waals surface area (Å²) in [5, 5.41) is 8.97. The lowest BCUT2D eigenvalue weighted by molar-refractivity contribution is 0.0695. The topological polar surface area (TPSA) is 66.3 Å². The first-order valence-electron chi connectivity index (χ1n) is 6.19. The molecule has 0 unspecified atom stereocenters. The van der Waals surface area contributed by atoms with Gasteiger partial charge in [-0.3, -0.25) is 0 Å². The van der Waals surface area contributed by atoms with Crippen LogP contribution in [0.4, 0.5) is 16.0 Å². The van der Waals surface area contributed by atoms with Crippen molar-refractivity contribution in [3.8, 4) is 0 Å². The van der Waals surface area contributed by atoms with Gasteiger partial charge < -0.3 is 10.0 Å². The highest BCUT2D eigenvalue weighted by Gasteiger charge is 2.23. The van der Waals surface area contributed by atoms with Gasteiger partial charge in [0.25, 0.3) is 0 Å². The van der Waals surface area contributed by atoms with Gasteiger partial charge in [-0.25, -0.2) is 19.2 Å². The predicted octanol–water partition coefficient (Wildman–Crippen LogP) is 2.32. The summed E-state index contributed by atoms with van der Waals surface area (Å²) in [7, 11) is 0. The third-order valence-electron chi connectivity index (χ3n) is 3.38. The second kappa shape index (κ2) is 4.56. The van der Waals surface area contributed by atoms with E-state index in [0.717, 1.165) is 17.7 Å². The number of aromatic carboxylic acids is 1. The van der Waals surface area contributed by atoms with Gasteiger partial charge in [-0.2, -0.15) is 0 Å². The third-order valence-corrected chi connectivity index (χ3v) is 3.38. The van der Waals surface area contributed by atoms with Crippen molar-refractivity contribution in [1.29, 1.82) is 0 Å². The molecule has 20 heavy (non-hydrogen) atoms. The number of hydrogen-bond donors (Lipinski definition) is 1. The van der Waals surface area contributed by atoms with E-state index in [2.05, 4.69) is 9.97 Å². The smallest absolute Gasteiger partial charge is 0.339 e. The average Bonchev–Trinajstić information content (AvgIpc) is 2.81. The van der Waals surface area contributed by atoms with E-state index >= 15 is 0 Å². The SMILES string of the molecule is Cc1nc(N2CCc3ccc(F)cc32)ncc1C(=O)O. The van der Waals surface area contributed by atoms with Crippen LogP contribution in [0.1, 0.15) is 21.6 Å². The van der Waals surface area contributed by atoms with Crippen LogP contribution in [0.25, 0.3) is 0 Å². The van der Waals surface area contributed by atoms with Crippen LogP contribution in [-0.2, 0) is 6.42 Å². The molecule has 1 aromatic carbocycles. The maximum atomic E-state index is 13.4. The molecule has 0 fully saturated rings. The Morgan fingerprint density at radius 1 is 1.45 bits per heavy atom. The average molecular weight is 273 g/mol. The van der Waals surface area contributed by atoms with E-state index < -0.39 is 5.97 Å². The number of nitrogens with zero attached hydrogens (tertiary/aromatic N) is 3. The highest BCUT2D eigenvalue weighted by molar-refractivity contribution is 5.88. The minimum atomic E-state index is -1.05. The number of benzene rings is 1. The summed E-state index contributed by atoms with van der Waals surface area (Å²) in [5.41, 5.74) is 2.25. The minimum Gasteiger partial charge on any atom is -0.478 e. The number of fused-ring (bicyclic) bond motifs is 1. The second-order valence-corrected chi connectivity index (χ2v) is 4.65. The molecule has 5 nitrogen and oxygen atoms in total. The summed E-state index contributed by atoms with van der Waals surface area (Å²) >= 11 is 0. The van der Waals surface area contributed by atoms with Crippen LogP contribution in [0.3, 0.4) is 0 Å².